The highest BCUT2D eigenvalue weighted by Crippen LogP contribution is 2.30. The Hall–Kier alpha value is -3.51. The predicted molar refractivity (Wildman–Crippen MR) is 144 cm³/mol. The lowest BCUT2D eigenvalue weighted by atomic mass is 10.0. The average molecular weight is 562 g/mol. The number of ether oxygens (including phenoxy) is 1. The van der Waals surface area contributed by atoms with Crippen LogP contribution in [-0.4, -0.2) is 66.3 Å². The summed E-state index contributed by atoms with van der Waals surface area (Å²) in [6, 6.07) is 5.34. The number of anilines is 3. The summed E-state index contributed by atoms with van der Waals surface area (Å²) >= 11 is 12.1. The molecule has 1 amide bonds. The zero-order chi connectivity index (χ0) is 27.2. The first-order valence-electron chi connectivity index (χ1n) is 11.8. The Bertz CT molecular complexity index is 1360. The Labute approximate surface area is 227 Å². The average Bonchev–Trinajstić information content (AvgIpc) is 2.91. The van der Waals surface area contributed by atoms with Crippen molar-refractivity contribution in [3.8, 4) is 0 Å². The molecule has 4 N–H and O–H groups in total. The third-order valence-corrected chi connectivity index (χ3v) is 6.68. The van der Waals surface area contributed by atoms with Gasteiger partial charge in [-0.3, -0.25) is 29.1 Å². The zero-order valence-electron chi connectivity index (χ0n) is 20.1. The van der Waals surface area contributed by atoms with Crippen LogP contribution in [0.3, 0.4) is 0 Å². The van der Waals surface area contributed by atoms with Gasteiger partial charge in [0.2, 0.25) is 0 Å². The molecule has 0 saturated carbocycles. The number of nitrogens with zero attached hydrogens (tertiary/aromatic N) is 2. The lowest BCUT2D eigenvalue weighted by Gasteiger charge is -2.27. The normalized spacial score (nSPS) is 14.7. The number of morpholine rings is 1. The molecule has 1 aliphatic rings. The second kappa shape index (κ2) is 12.4. The third-order valence-electron chi connectivity index (χ3n) is 6.11. The van der Waals surface area contributed by atoms with Crippen LogP contribution in [-0.2, 0) is 9.53 Å². The number of pyridine rings is 1. The third kappa shape index (κ3) is 6.48. The molecule has 38 heavy (non-hydrogen) atoms. The minimum atomic E-state index is -1.10. The van der Waals surface area contributed by atoms with Gasteiger partial charge in [0, 0.05) is 44.1 Å². The highest BCUT2D eigenvalue weighted by Gasteiger charge is 2.26. The molecule has 1 aliphatic heterocycles. The van der Waals surface area contributed by atoms with Crippen LogP contribution in [0.4, 0.5) is 17.1 Å². The van der Waals surface area contributed by atoms with Crippen LogP contribution in [0.25, 0.3) is 0 Å². The van der Waals surface area contributed by atoms with E-state index in [0.29, 0.717) is 31.9 Å². The Morgan fingerprint density at radius 1 is 1.00 bits per heavy atom. The standard InChI is InChI=1S/C25H25Cl2N5O6/c26-16-12-28-13-17(27)20(16)31-25(37)15-3-1-14(2-4-15)18(11-19(33)34)30-22-21(23(35)24(22)36)29-5-6-32-7-9-38-10-8-32/h1-4,12-13,18,29-30H,5-11H2,(H,33,34)(H,28,31,37). The first-order valence-corrected chi connectivity index (χ1v) is 12.6. The van der Waals surface area contributed by atoms with E-state index in [1.54, 1.807) is 12.1 Å². The smallest absolute Gasteiger partial charge is 0.305 e. The van der Waals surface area contributed by atoms with Crippen molar-refractivity contribution in [1.29, 1.82) is 0 Å². The first kappa shape index (κ1) is 27.5. The van der Waals surface area contributed by atoms with Crippen molar-refractivity contribution in [1.82, 2.24) is 9.88 Å². The Morgan fingerprint density at radius 2 is 1.63 bits per heavy atom. The first-order chi connectivity index (χ1) is 18.2. The fourth-order valence-corrected chi connectivity index (χ4v) is 4.51. The molecule has 1 aromatic heterocycles. The van der Waals surface area contributed by atoms with Gasteiger partial charge in [0.25, 0.3) is 16.8 Å². The molecule has 4 rings (SSSR count). The molecule has 0 spiro atoms. The number of carbonyl (C=O) groups is 2. The molecule has 3 aromatic rings. The number of carboxylic acid groups (broad SMARTS) is 1. The minimum absolute atomic E-state index is 0.0482. The number of aromatic nitrogens is 1. The van der Waals surface area contributed by atoms with E-state index in [-0.39, 0.29) is 39.1 Å². The van der Waals surface area contributed by atoms with E-state index in [9.17, 15) is 24.3 Å². The van der Waals surface area contributed by atoms with Crippen molar-refractivity contribution in [2.75, 3.05) is 55.3 Å². The number of hydrogen-bond donors (Lipinski definition) is 4. The van der Waals surface area contributed by atoms with Crippen molar-refractivity contribution in [3.05, 3.63) is 78.3 Å². The van der Waals surface area contributed by atoms with Gasteiger partial charge in [-0.05, 0) is 17.7 Å². The van der Waals surface area contributed by atoms with Gasteiger partial charge in [0.15, 0.2) is 0 Å². The van der Waals surface area contributed by atoms with Crippen LogP contribution in [0.2, 0.25) is 10.0 Å². The van der Waals surface area contributed by atoms with Gasteiger partial charge < -0.3 is 25.8 Å². The van der Waals surface area contributed by atoms with Crippen molar-refractivity contribution in [2.45, 2.75) is 12.5 Å². The maximum absolute atomic E-state index is 12.7. The van der Waals surface area contributed by atoms with Gasteiger partial charge in [-0.15, -0.1) is 0 Å². The van der Waals surface area contributed by atoms with Crippen molar-refractivity contribution >= 4 is 52.1 Å². The van der Waals surface area contributed by atoms with Crippen LogP contribution in [0, 0.1) is 0 Å². The minimum Gasteiger partial charge on any atom is -0.481 e. The lowest BCUT2D eigenvalue weighted by Crippen LogP contribution is -2.42. The number of benzene rings is 1. The molecule has 2 heterocycles. The lowest BCUT2D eigenvalue weighted by molar-refractivity contribution is -0.137. The maximum atomic E-state index is 12.7. The Kier molecular flexibility index (Phi) is 8.95. The molecule has 2 aromatic carbocycles. The zero-order valence-corrected chi connectivity index (χ0v) is 21.6. The number of hydrogen-bond acceptors (Lipinski definition) is 9. The molecule has 11 nitrogen and oxygen atoms in total. The van der Waals surface area contributed by atoms with E-state index in [1.807, 2.05) is 0 Å². The predicted octanol–water partition coefficient (Wildman–Crippen LogP) is 2.61. The van der Waals surface area contributed by atoms with E-state index in [0.717, 1.165) is 13.1 Å². The van der Waals surface area contributed by atoms with E-state index < -0.39 is 28.8 Å². The fourth-order valence-electron chi connectivity index (χ4n) is 4.05. The summed E-state index contributed by atoms with van der Waals surface area (Å²) in [6.07, 6.45) is 2.34. The quantitative estimate of drug-likeness (QED) is 0.257. The summed E-state index contributed by atoms with van der Waals surface area (Å²) in [5.74, 6) is -1.59. The number of amides is 1. The van der Waals surface area contributed by atoms with Crippen molar-refractivity contribution in [2.24, 2.45) is 0 Å². The van der Waals surface area contributed by atoms with E-state index in [2.05, 4.69) is 25.8 Å². The largest absolute Gasteiger partial charge is 0.481 e. The molecule has 1 fully saturated rings. The second-order valence-electron chi connectivity index (χ2n) is 8.64. The molecular weight excluding hydrogens is 537 g/mol. The molecule has 0 radical (unpaired) electrons. The molecular formula is C25H25Cl2N5O6. The van der Waals surface area contributed by atoms with Gasteiger partial charge >= 0.3 is 5.97 Å². The van der Waals surface area contributed by atoms with Crippen LogP contribution < -0.4 is 26.8 Å². The SMILES string of the molecule is O=C(O)CC(Nc1c(NCCN2CCOCC2)c(=O)c1=O)c1ccc(C(=O)Nc2c(Cl)cncc2Cl)cc1. The summed E-state index contributed by atoms with van der Waals surface area (Å²) in [5, 5.41) is 18.3. The number of carbonyl (C=O) groups excluding carboxylic acids is 1. The van der Waals surface area contributed by atoms with Crippen molar-refractivity contribution in [3.63, 3.8) is 0 Å². The van der Waals surface area contributed by atoms with E-state index >= 15 is 0 Å². The van der Waals surface area contributed by atoms with Gasteiger partial charge in [-0.25, -0.2) is 0 Å². The van der Waals surface area contributed by atoms with Gasteiger partial charge in [0.05, 0.1) is 41.4 Å². The monoisotopic (exact) mass is 561 g/mol. The molecule has 200 valence electrons. The summed E-state index contributed by atoms with van der Waals surface area (Å²) in [5.41, 5.74) is -0.174. The highest BCUT2D eigenvalue weighted by atomic mass is 35.5. The van der Waals surface area contributed by atoms with Crippen molar-refractivity contribution < 1.29 is 19.4 Å². The Balaban J connectivity index is 1.45. The van der Waals surface area contributed by atoms with Crippen LogP contribution >= 0.6 is 23.2 Å². The van der Waals surface area contributed by atoms with Crippen LogP contribution in [0.1, 0.15) is 28.4 Å². The molecule has 1 unspecified atom stereocenters. The summed E-state index contributed by atoms with van der Waals surface area (Å²) < 4.78 is 5.32. The molecule has 1 saturated heterocycles. The van der Waals surface area contributed by atoms with Gasteiger partial charge in [0.1, 0.15) is 11.4 Å². The molecule has 1 atom stereocenters. The van der Waals surface area contributed by atoms with Gasteiger partial charge in [-0.2, -0.15) is 0 Å². The molecule has 0 bridgehead atoms. The maximum Gasteiger partial charge on any atom is 0.305 e. The van der Waals surface area contributed by atoms with E-state index in [4.69, 9.17) is 27.9 Å². The number of halogens is 2. The second-order valence-corrected chi connectivity index (χ2v) is 9.45. The summed E-state index contributed by atoms with van der Waals surface area (Å²) in [4.78, 5) is 54.7. The van der Waals surface area contributed by atoms with Crippen LogP contribution in [0.5, 0.6) is 0 Å². The molecule has 0 aliphatic carbocycles. The Morgan fingerprint density at radius 3 is 2.26 bits per heavy atom. The number of carboxylic acids is 1. The topological polar surface area (TPSA) is 150 Å². The number of aliphatic carboxylic acids is 1. The fraction of sp³-hybridized carbons (Fsp3) is 0.320. The highest BCUT2D eigenvalue weighted by molar-refractivity contribution is 6.39. The summed E-state index contributed by atoms with van der Waals surface area (Å²) in [6.45, 7) is 3.98. The summed E-state index contributed by atoms with van der Waals surface area (Å²) in [7, 11) is 0. The number of rotatable bonds is 11. The van der Waals surface area contributed by atoms with E-state index in [1.165, 1.54) is 24.5 Å². The van der Waals surface area contributed by atoms with Gasteiger partial charge in [-0.1, -0.05) is 35.3 Å². The molecule has 13 heteroatoms. The van der Waals surface area contributed by atoms with Crippen LogP contribution in [0.15, 0.2) is 46.2 Å². The number of nitrogens with one attached hydrogen (secondary N) is 3.